The van der Waals surface area contributed by atoms with Crippen LogP contribution >= 0.6 is 0 Å². The van der Waals surface area contributed by atoms with Crippen molar-refractivity contribution in [2.24, 2.45) is 5.92 Å². The van der Waals surface area contributed by atoms with Crippen molar-refractivity contribution >= 4 is 5.97 Å². The number of carbonyl (C=O) groups excluding carboxylic acids is 1. The monoisotopic (exact) mass is 400 g/mol. The molecule has 1 aromatic rings. The number of benzene rings is 1. The molecule has 4 nitrogen and oxygen atoms in total. The minimum Gasteiger partial charge on any atom is -1.00 e. The second-order valence-corrected chi connectivity index (χ2v) is 7.23. The van der Waals surface area contributed by atoms with Gasteiger partial charge in [-0.05, 0) is 18.4 Å². The minimum absolute atomic E-state index is 0. The van der Waals surface area contributed by atoms with Crippen molar-refractivity contribution < 1.29 is 40.2 Å². The third kappa shape index (κ3) is 3.84. The summed E-state index contributed by atoms with van der Waals surface area (Å²) in [6.07, 6.45) is 3.57. The smallest absolute Gasteiger partial charge is 0.343 e. The molecule has 0 aromatic heterocycles. The predicted molar refractivity (Wildman–Crippen MR) is 88.6 cm³/mol. The SMILES string of the molecule is [2H]C([2H])([2H])[N+]1(C)CCC(OC(=O)C(O)(c2ccccc2)C2CCCC2)C1.[Br-]. The summed E-state index contributed by atoms with van der Waals surface area (Å²) in [5, 5.41) is 11.4. The number of halogens is 1. The molecule has 24 heavy (non-hydrogen) atoms. The first-order valence-electron chi connectivity index (χ1n) is 10.0. The van der Waals surface area contributed by atoms with Crippen molar-refractivity contribution in [2.75, 3.05) is 27.1 Å². The fraction of sp³-hybridized carbons (Fsp3) is 0.632. The second-order valence-electron chi connectivity index (χ2n) is 7.23. The number of quaternary nitrogens is 1. The van der Waals surface area contributed by atoms with Gasteiger partial charge in [0.2, 0.25) is 0 Å². The molecule has 1 N–H and O–H groups in total. The molecule has 1 saturated carbocycles. The Morgan fingerprint density at radius 1 is 1.29 bits per heavy atom. The number of nitrogens with zero attached hydrogens (tertiary/aromatic N) is 1. The van der Waals surface area contributed by atoms with Gasteiger partial charge in [-0.1, -0.05) is 43.2 Å². The van der Waals surface area contributed by atoms with Crippen LogP contribution in [0.5, 0.6) is 0 Å². The van der Waals surface area contributed by atoms with E-state index in [2.05, 4.69) is 0 Å². The van der Waals surface area contributed by atoms with Gasteiger partial charge in [0.1, 0.15) is 6.54 Å². The summed E-state index contributed by atoms with van der Waals surface area (Å²) < 4.78 is 28.7. The molecular formula is C19H28BrNO3. The standard InChI is InChI=1S/C19H28NO3.BrH/c1-20(2)13-12-17(14-20)23-18(21)19(22,16-10-6-7-11-16)15-8-4-3-5-9-15;/h3-5,8-9,16-17,22H,6-7,10-14H2,1-2H3;1H/q+1;/p-1/i1D3;. The predicted octanol–water partition coefficient (Wildman–Crippen LogP) is -0.540. The fourth-order valence-electron chi connectivity index (χ4n) is 3.95. The van der Waals surface area contributed by atoms with Gasteiger partial charge in [-0.15, -0.1) is 0 Å². The molecule has 2 fully saturated rings. The van der Waals surface area contributed by atoms with Gasteiger partial charge >= 0.3 is 5.97 Å². The van der Waals surface area contributed by atoms with Crippen LogP contribution in [0.25, 0.3) is 0 Å². The van der Waals surface area contributed by atoms with Crippen LogP contribution < -0.4 is 17.0 Å². The molecule has 1 heterocycles. The van der Waals surface area contributed by atoms with Crippen LogP contribution in [0.3, 0.4) is 0 Å². The summed E-state index contributed by atoms with van der Waals surface area (Å²) >= 11 is 0. The normalized spacial score (nSPS) is 32.1. The van der Waals surface area contributed by atoms with Gasteiger partial charge in [0.15, 0.2) is 11.7 Å². The van der Waals surface area contributed by atoms with E-state index in [4.69, 9.17) is 8.85 Å². The highest BCUT2D eigenvalue weighted by Gasteiger charge is 2.49. The Hall–Kier alpha value is -0.910. The number of likely N-dealkylation sites (N-methyl/N-ethyl adjacent to an activating group) is 1. The Morgan fingerprint density at radius 2 is 1.96 bits per heavy atom. The maximum Gasteiger partial charge on any atom is 0.343 e. The summed E-state index contributed by atoms with van der Waals surface area (Å²) in [6, 6.07) is 8.98. The van der Waals surface area contributed by atoms with E-state index in [1.54, 1.807) is 31.3 Å². The van der Waals surface area contributed by atoms with Gasteiger partial charge in [0.25, 0.3) is 0 Å². The third-order valence-electron chi connectivity index (χ3n) is 5.30. The Kier molecular flexibility index (Phi) is 4.83. The van der Waals surface area contributed by atoms with E-state index in [0.717, 1.165) is 25.7 Å². The number of likely N-dealkylation sites (tertiary alicyclic amines) is 1. The maximum absolute atomic E-state index is 13.0. The van der Waals surface area contributed by atoms with Crippen molar-refractivity contribution in [2.45, 2.75) is 43.8 Å². The molecule has 3 unspecified atom stereocenters. The molecule has 2 aliphatic rings. The number of aliphatic hydroxyl groups is 1. The molecular weight excluding hydrogens is 370 g/mol. The van der Waals surface area contributed by atoms with E-state index in [0.29, 0.717) is 18.5 Å². The maximum atomic E-state index is 13.0. The van der Waals surface area contributed by atoms with E-state index in [1.807, 2.05) is 6.07 Å². The zero-order chi connectivity index (χ0) is 19.0. The molecule has 5 heteroatoms. The molecule has 134 valence electrons. The van der Waals surface area contributed by atoms with Crippen molar-refractivity contribution in [3.63, 3.8) is 0 Å². The number of ether oxygens (including phenoxy) is 1. The van der Waals surface area contributed by atoms with Gasteiger partial charge in [-0.2, -0.15) is 0 Å². The quantitative estimate of drug-likeness (QED) is 0.545. The summed E-state index contributed by atoms with van der Waals surface area (Å²) in [6.45, 7) is -1.46. The van der Waals surface area contributed by atoms with Crippen LogP contribution in [0.4, 0.5) is 0 Å². The Balaban J connectivity index is 0.00000261. The Labute approximate surface area is 159 Å². The first-order valence-corrected chi connectivity index (χ1v) is 8.50. The van der Waals surface area contributed by atoms with Crippen LogP contribution in [0, 0.1) is 5.92 Å². The Morgan fingerprint density at radius 3 is 2.54 bits per heavy atom. The van der Waals surface area contributed by atoms with E-state index in [9.17, 15) is 9.90 Å². The lowest BCUT2D eigenvalue weighted by Gasteiger charge is -2.33. The van der Waals surface area contributed by atoms with Gasteiger partial charge in [0, 0.05) is 12.3 Å². The zero-order valence-electron chi connectivity index (χ0n) is 17.1. The van der Waals surface area contributed by atoms with E-state index in [1.165, 1.54) is 0 Å². The highest BCUT2D eigenvalue weighted by molar-refractivity contribution is 5.81. The molecule has 1 aliphatic carbocycles. The minimum atomic E-state index is -2.14. The Bertz CT molecular complexity index is 651. The number of rotatable bonds is 4. The average Bonchev–Trinajstić information content (AvgIpc) is 3.25. The third-order valence-corrected chi connectivity index (χ3v) is 5.30. The van der Waals surface area contributed by atoms with Gasteiger partial charge in [-0.25, -0.2) is 4.79 Å². The summed E-state index contributed by atoms with van der Waals surface area (Å²) in [5.74, 6) is -0.804. The molecule has 3 atom stereocenters. The van der Waals surface area contributed by atoms with Crippen LogP contribution in [-0.2, 0) is 15.1 Å². The van der Waals surface area contributed by atoms with Gasteiger partial charge in [0.05, 0.1) is 24.7 Å². The van der Waals surface area contributed by atoms with Crippen molar-refractivity contribution in [1.82, 2.24) is 0 Å². The summed E-state index contributed by atoms with van der Waals surface area (Å²) in [4.78, 5) is 13.0. The molecule has 1 aliphatic heterocycles. The van der Waals surface area contributed by atoms with Crippen LogP contribution in [0.1, 0.15) is 41.8 Å². The zero-order valence-corrected chi connectivity index (χ0v) is 15.7. The number of hydrogen-bond acceptors (Lipinski definition) is 3. The largest absolute Gasteiger partial charge is 1.00 e. The fourth-order valence-corrected chi connectivity index (χ4v) is 3.95. The molecule has 1 aromatic carbocycles. The number of hydrogen-bond donors (Lipinski definition) is 1. The van der Waals surface area contributed by atoms with Gasteiger partial charge < -0.3 is 31.3 Å². The van der Waals surface area contributed by atoms with Crippen molar-refractivity contribution in [3.8, 4) is 0 Å². The number of carbonyl (C=O) groups is 1. The van der Waals surface area contributed by atoms with E-state index < -0.39 is 24.7 Å². The lowest BCUT2D eigenvalue weighted by Crippen LogP contribution is -3.00. The lowest BCUT2D eigenvalue weighted by atomic mass is 9.80. The second kappa shape index (κ2) is 7.54. The highest BCUT2D eigenvalue weighted by Crippen LogP contribution is 2.42. The molecule has 0 radical (unpaired) electrons. The molecule has 1 saturated heterocycles. The van der Waals surface area contributed by atoms with Crippen molar-refractivity contribution in [3.05, 3.63) is 35.9 Å². The lowest BCUT2D eigenvalue weighted by molar-refractivity contribution is -0.879. The average molecular weight is 401 g/mol. The summed E-state index contributed by atoms with van der Waals surface area (Å²) in [7, 11) is 1.67. The van der Waals surface area contributed by atoms with E-state index in [-0.39, 0.29) is 33.9 Å². The first-order chi connectivity index (χ1) is 12.2. The van der Waals surface area contributed by atoms with Gasteiger partial charge in [-0.3, -0.25) is 0 Å². The van der Waals surface area contributed by atoms with Crippen LogP contribution in [-0.4, -0.2) is 48.8 Å². The van der Waals surface area contributed by atoms with Crippen LogP contribution in [0.15, 0.2) is 30.3 Å². The first kappa shape index (κ1) is 15.4. The molecule has 0 amide bonds. The number of esters is 1. The highest BCUT2D eigenvalue weighted by atomic mass is 79.9. The molecule has 0 spiro atoms. The van der Waals surface area contributed by atoms with Crippen molar-refractivity contribution in [1.29, 1.82) is 0 Å². The van der Waals surface area contributed by atoms with Crippen LogP contribution in [0.2, 0.25) is 0 Å². The summed E-state index contributed by atoms with van der Waals surface area (Å²) in [5.41, 5.74) is -1.10. The topological polar surface area (TPSA) is 46.5 Å². The van der Waals surface area contributed by atoms with E-state index >= 15 is 0 Å². The molecule has 3 rings (SSSR count). The molecule has 0 bridgehead atoms.